The number of nitrogens with one attached hydrogen (secondary N) is 2. The number of nitro groups is 2. The Morgan fingerprint density at radius 3 is 1.50 bits per heavy atom. The molecule has 4 heterocycles. The van der Waals surface area contributed by atoms with E-state index in [0.29, 0.717) is 91.5 Å². The summed E-state index contributed by atoms with van der Waals surface area (Å²) in [6.45, 7) is 1.04. The summed E-state index contributed by atoms with van der Waals surface area (Å²) in [7, 11) is 1.30. The summed E-state index contributed by atoms with van der Waals surface area (Å²) >= 11 is 25.1. The second-order valence-corrected chi connectivity index (χ2v) is 20.5. The standard InChI is InChI=1S/C25H25Cl2N3O5.C24H25Cl2N3O4/c1-35-21(31)10-9-20-23(30(33)34)22(15-3-2-4-16(26)11-15)25(29(20)13-14-5-6-14)18-8-7-17(27)12-19(18)28-24(25)32;25-16-4-1-3-15(11-16)21-22(29(32)33)20(5-2-10-30)28(13-14-6-7-14)24(21)18-9-8-17(26)12-19(18)27-23(24)31/h2-4,7-8,11-12,14,20,22-23H,5-6,9-10,13H2,1H3,(H,28,32);1,3-4,8-9,11-12,14,20-22,30H,2,5-7,10,13H2,(H,27,31)/t20-,22-,23+,25+;20-,21-,22+,24+/m00/s1. The summed E-state index contributed by atoms with van der Waals surface area (Å²) < 4.78 is 4.83. The topological polar surface area (TPSA) is 197 Å². The number of esters is 1. The molecule has 0 aromatic heterocycles. The van der Waals surface area contributed by atoms with Gasteiger partial charge < -0.3 is 20.5 Å². The summed E-state index contributed by atoms with van der Waals surface area (Å²) in [6.07, 6.45) is 5.12. The lowest BCUT2D eigenvalue weighted by Crippen LogP contribution is -2.52. The molecular formula is C49H50Cl4N6O9. The molecule has 0 radical (unpaired) electrons. The Balaban J connectivity index is 0.000000170. The number of methoxy groups -OCH3 is 1. The number of aliphatic hydroxyl groups is 1. The molecule has 0 bridgehead atoms. The number of hydrogen-bond donors (Lipinski definition) is 3. The zero-order valence-electron chi connectivity index (χ0n) is 37.0. The van der Waals surface area contributed by atoms with Gasteiger partial charge in [-0.15, -0.1) is 0 Å². The lowest BCUT2D eigenvalue weighted by Gasteiger charge is -2.38. The van der Waals surface area contributed by atoms with Gasteiger partial charge in [0.05, 0.1) is 31.0 Å². The van der Waals surface area contributed by atoms with Crippen LogP contribution in [0.15, 0.2) is 84.9 Å². The van der Waals surface area contributed by atoms with Gasteiger partial charge in [0.15, 0.2) is 0 Å². The third-order valence-electron chi connectivity index (χ3n) is 14.8. The molecule has 0 unspecified atom stereocenters. The number of fused-ring (bicyclic) bond motifs is 4. The molecule has 4 aromatic rings. The molecule has 8 atom stereocenters. The van der Waals surface area contributed by atoms with Crippen molar-refractivity contribution in [1.82, 2.24) is 9.80 Å². The van der Waals surface area contributed by atoms with Crippen LogP contribution in [0, 0.1) is 32.1 Å². The first-order chi connectivity index (χ1) is 32.6. The van der Waals surface area contributed by atoms with Crippen molar-refractivity contribution in [2.75, 3.05) is 37.4 Å². The number of hydrogen-bond acceptors (Lipinski definition) is 11. The van der Waals surface area contributed by atoms with Gasteiger partial charge in [0.1, 0.15) is 11.1 Å². The minimum absolute atomic E-state index is 0.0140. The second-order valence-electron chi connectivity index (χ2n) is 18.7. The normalized spacial score (nSPS) is 28.2. The molecule has 2 saturated carbocycles. The van der Waals surface area contributed by atoms with Gasteiger partial charge in [-0.25, -0.2) is 0 Å². The van der Waals surface area contributed by atoms with Crippen molar-refractivity contribution in [3.63, 3.8) is 0 Å². The summed E-state index contributed by atoms with van der Waals surface area (Å²) in [4.78, 5) is 68.9. The van der Waals surface area contributed by atoms with Crippen LogP contribution in [-0.4, -0.2) is 93.5 Å². The molecule has 68 heavy (non-hydrogen) atoms. The summed E-state index contributed by atoms with van der Waals surface area (Å²) in [5.74, 6) is -1.90. The maximum atomic E-state index is 14.0. The number of carbonyl (C=O) groups excluding carboxylic acids is 3. The van der Waals surface area contributed by atoms with E-state index in [-0.39, 0.29) is 41.1 Å². The Labute approximate surface area is 412 Å². The highest BCUT2D eigenvalue weighted by molar-refractivity contribution is 6.32. The molecular weight excluding hydrogens is 958 g/mol. The van der Waals surface area contributed by atoms with E-state index >= 15 is 0 Å². The fourth-order valence-electron chi connectivity index (χ4n) is 11.8. The van der Waals surface area contributed by atoms with Crippen LogP contribution in [0.5, 0.6) is 0 Å². The van der Waals surface area contributed by atoms with Crippen LogP contribution in [0.25, 0.3) is 0 Å². The Kier molecular flexibility index (Phi) is 13.6. The highest BCUT2D eigenvalue weighted by atomic mass is 35.5. The van der Waals surface area contributed by atoms with Crippen molar-refractivity contribution < 1.29 is 34.1 Å². The average Bonchev–Trinajstić information content (AvgIpc) is 4.21. The molecule has 4 aliphatic heterocycles. The van der Waals surface area contributed by atoms with E-state index in [1.807, 2.05) is 17.0 Å². The minimum atomic E-state index is -1.34. The van der Waals surface area contributed by atoms with Crippen LogP contribution in [-0.2, 0) is 30.2 Å². The van der Waals surface area contributed by atoms with Crippen molar-refractivity contribution in [2.45, 2.75) is 98.4 Å². The van der Waals surface area contributed by atoms with E-state index in [1.54, 1.807) is 72.8 Å². The molecule has 3 N–H and O–H groups in total. The minimum Gasteiger partial charge on any atom is -0.469 e. The van der Waals surface area contributed by atoms with Gasteiger partial charge in [-0.1, -0.05) is 82.8 Å². The lowest BCUT2D eigenvalue weighted by molar-refractivity contribution is -0.528. The maximum absolute atomic E-state index is 14.0. The van der Waals surface area contributed by atoms with E-state index in [1.165, 1.54) is 7.11 Å². The van der Waals surface area contributed by atoms with E-state index in [9.17, 15) is 39.7 Å². The Bertz CT molecular complexity index is 2670. The fraction of sp³-hybridized carbons (Fsp3) is 0.449. The van der Waals surface area contributed by atoms with Crippen LogP contribution in [0.2, 0.25) is 20.1 Å². The second kappa shape index (κ2) is 19.1. The molecule has 2 amide bonds. The number of amides is 2. The molecule has 2 aliphatic carbocycles. The molecule has 10 rings (SSSR count). The van der Waals surface area contributed by atoms with Crippen molar-refractivity contribution in [3.8, 4) is 0 Å². The van der Waals surface area contributed by atoms with Crippen LogP contribution in [0.3, 0.4) is 0 Å². The number of anilines is 2. The quantitative estimate of drug-likeness (QED) is 0.0619. The van der Waals surface area contributed by atoms with Crippen LogP contribution < -0.4 is 10.6 Å². The SMILES string of the molecule is COC(=O)CC[C@H]1[C@@H]([N+](=O)[O-])[C@H](c2cccc(Cl)c2)[C@]2(C(=O)Nc3cc(Cl)ccc32)N1CC1CC1.O=C1Nc2cc(Cl)ccc2[C@@]12[C@@H](c1cccc(Cl)c1)[C@H]([N+](=O)[O-])[C@H](CCCO)N2CC1CC1. The van der Waals surface area contributed by atoms with Crippen molar-refractivity contribution in [3.05, 3.63) is 148 Å². The Morgan fingerprint density at radius 1 is 0.691 bits per heavy atom. The molecule has 19 heteroatoms. The van der Waals surface area contributed by atoms with E-state index in [2.05, 4.69) is 15.5 Å². The molecule has 6 aliphatic rings. The highest BCUT2D eigenvalue weighted by Gasteiger charge is 2.72. The smallest absolute Gasteiger partial charge is 0.305 e. The predicted molar refractivity (Wildman–Crippen MR) is 257 cm³/mol. The number of halogens is 4. The monoisotopic (exact) mass is 1010 g/mol. The number of carbonyl (C=O) groups is 3. The Morgan fingerprint density at radius 2 is 1.12 bits per heavy atom. The highest BCUT2D eigenvalue weighted by Crippen LogP contribution is 2.61. The van der Waals surface area contributed by atoms with Gasteiger partial charge in [-0.05, 0) is 116 Å². The third kappa shape index (κ3) is 8.41. The van der Waals surface area contributed by atoms with Crippen LogP contribution in [0.1, 0.15) is 85.5 Å². The fourth-order valence-corrected chi connectivity index (χ4v) is 12.5. The van der Waals surface area contributed by atoms with Gasteiger partial charge in [0.25, 0.3) is 11.8 Å². The summed E-state index contributed by atoms with van der Waals surface area (Å²) in [5.41, 5.74) is 1.17. The average molecular weight is 1010 g/mol. The van der Waals surface area contributed by atoms with E-state index in [0.717, 1.165) is 25.7 Å². The number of likely N-dealkylation sites (tertiary alicyclic amines) is 2. The van der Waals surface area contributed by atoms with Gasteiger partial charge in [0.2, 0.25) is 12.1 Å². The first-order valence-corrected chi connectivity index (χ1v) is 24.4. The van der Waals surface area contributed by atoms with Crippen LogP contribution >= 0.6 is 46.4 Å². The lowest BCUT2D eigenvalue weighted by atomic mass is 9.73. The first-order valence-electron chi connectivity index (χ1n) is 22.9. The maximum Gasteiger partial charge on any atom is 0.305 e. The zero-order chi connectivity index (χ0) is 48.2. The van der Waals surface area contributed by atoms with Crippen molar-refractivity contribution in [2.24, 2.45) is 11.8 Å². The molecule has 15 nitrogen and oxygen atoms in total. The number of nitrogens with zero attached hydrogens (tertiary/aromatic N) is 4. The predicted octanol–water partition coefficient (Wildman–Crippen LogP) is 9.05. The number of aliphatic hydroxyl groups excluding tert-OH is 1. The Hall–Kier alpha value is -4.87. The van der Waals surface area contributed by atoms with E-state index in [4.69, 9.17) is 51.1 Å². The summed E-state index contributed by atoms with van der Waals surface area (Å²) in [5, 5.41) is 42.7. The largest absolute Gasteiger partial charge is 0.469 e. The van der Waals surface area contributed by atoms with Crippen molar-refractivity contribution >= 4 is 75.6 Å². The van der Waals surface area contributed by atoms with E-state index < -0.39 is 53.1 Å². The number of rotatable bonds is 14. The molecule has 2 spiro atoms. The zero-order valence-corrected chi connectivity index (χ0v) is 40.0. The van der Waals surface area contributed by atoms with Gasteiger partial charge in [0, 0.05) is 78.6 Å². The molecule has 4 aromatic carbocycles. The van der Waals surface area contributed by atoms with Crippen LogP contribution in [0.4, 0.5) is 11.4 Å². The number of benzene rings is 4. The molecule has 4 fully saturated rings. The van der Waals surface area contributed by atoms with Crippen molar-refractivity contribution in [1.29, 1.82) is 0 Å². The third-order valence-corrected chi connectivity index (χ3v) is 15.7. The van der Waals surface area contributed by atoms with Gasteiger partial charge in [-0.3, -0.25) is 44.4 Å². The molecule has 358 valence electrons. The summed E-state index contributed by atoms with van der Waals surface area (Å²) in [6, 6.07) is 21.0. The molecule has 2 saturated heterocycles. The number of ether oxygens (including phenoxy) is 1. The first kappa shape index (κ1) is 48.2. The van der Waals surface area contributed by atoms with Gasteiger partial charge in [-0.2, -0.15) is 0 Å². The van der Waals surface area contributed by atoms with Gasteiger partial charge >= 0.3 is 5.97 Å².